The smallest absolute Gasteiger partial charge is 0.242 e. The normalized spacial score (nSPS) is 12.8. The minimum atomic E-state index is -0.488. The molecule has 236 valence electrons. The topological polar surface area (TPSA) is 72.9 Å². The molecule has 0 fully saturated rings. The number of carbonyl (C=O) groups is 3. The third-order valence-electron chi connectivity index (χ3n) is 7.47. The maximum atomic E-state index is 13.0. The van der Waals surface area contributed by atoms with Crippen molar-refractivity contribution in [3.05, 3.63) is 0 Å². The molecule has 0 radical (unpaired) electrons. The molecule has 0 aromatic carbocycles. The molecule has 7 heteroatoms. The molecule has 0 aliphatic rings. The average molecular weight is 586 g/mol. The summed E-state index contributed by atoms with van der Waals surface area (Å²) in [5.41, 5.74) is -0.945. The molecule has 0 saturated carbocycles. The molecule has 2 amide bonds. The predicted octanol–water partition coefficient (Wildman–Crippen LogP) is 8.53. The summed E-state index contributed by atoms with van der Waals surface area (Å²) in [5.74, 6) is 0.840. The van der Waals surface area contributed by atoms with E-state index in [1.165, 1.54) is 88.4 Å². The number of imide groups is 1. The van der Waals surface area contributed by atoms with Crippen LogP contribution in [0.5, 0.6) is 0 Å². The molecule has 40 heavy (non-hydrogen) atoms. The maximum absolute atomic E-state index is 13.0. The van der Waals surface area contributed by atoms with Gasteiger partial charge in [-0.05, 0) is 52.7 Å². The van der Waals surface area contributed by atoms with Crippen LogP contribution < -0.4 is 0 Å². The Morgan fingerprint density at radius 1 is 0.750 bits per heavy atom. The number of rotatable bonds is 29. The van der Waals surface area contributed by atoms with Crippen LogP contribution in [0.4, 0.5) is 0 Å². The fraction of sp³-hybridized carbons (Fsp3) is 0.909. The van der Waals surface area contributed by atoms with Crippen LogP contribution in [0, 0.1) is 0 Å². The maximum Gasteiger partial charge on any atom is 0.242 e. The highest BCUT2D eigenvalue weighted by Gasteiger charge is 2.25. The number of carbonyl (C=O) groups excluding carboxylic acids is 3. The van der Waals surface area contributed by atoms with Crippen LogP contribution in [0.25, 0.3) is 0 Å². The molecule has 0 saturated heterocycles. The third kappa shape index (κ3) is 21.8. The van der Waals surface area contributed by atoms with Crippen LogP contribution >= 0.6 is 11.8 Å². The fourth-order valence-electron chi connectivity index (χ4n) is 4.61. The Morgan fingerprint density at radius 2 is 1.25 bits per heavy atom. The van der Waals surface area contributed by atoms with Crippen molar-refractivity contribution in [3.8, 4) is 0 Å². The van der Waals surface area contributed by atoms with Gasteiger partial charge in [0.15, 0.2) is 0 Å². The van der Waals surface area contributed by atoms with Crippen molar-refractivity contribution in [1.82, 2.24) is 4.90 Å². The summed E-state index contributed by atoms with van der Waals surface area (Å²) in [4.78, 5) is 36.6. The van der Waals surface area contributed by atoms with Gasteiger partial charge in [-0.2, -0.15) is 0 Å². The van der Waals surface area contributed by atoms with Gasteiger partial charge in [0, 0.05) is 6.42 Å². The van der Waals surface area contributed by atoms with E-state index in [1.54, 1.807) is 11.8 Å². The van der Waals surface area contributed by atoms with E-state index < -0.39 is 11.2 Å². The molecule has 0 aromatic rings. The van der Waals surface area contributed by atoms with Crippen molar-refractivity contribution < 1.29 is 23.9 Å². The Labute approximate surface area is 251 Å². The summed E-state index contributed by atoms with van der Waals surface area (Å²) in [6.45, 7) is 13.0. The first-order valence-corrected chi connectivity index (χ1v) is 17.3. The minimum absolute atomic E-state index is 0.117. The highest BCUT2D eigenvalue weighted by Crippen LogP contribution is 2.21. The molecule has 0 bridgehead atoms. The first-order chi connectivity index (χ1) is 19.1. The molecule has 0 rings (SSSR count). The van der Waals surface area contributed by atoms with E-state index in [9.17, 15) is 14.4 Å². The molecule has 0 aliphatic carbocycles. The highest BCUT2D eigenvalue weighted by molar-refractivity contribution is 8.00. The first-order valence-electron chi connectivity index (χ1n) is 16.2. The Kier molecular flexibility index (Phi) is 24.1. The van der Waals surface area contributed by atoms with E-state index in [4.69, 9.17) is 9.47 Å². The van der Waals surface area contributed by atoms with Gasteiger partial charge in [0.05, 0.1) is 36.2 Å². The number of unbranched alkanes of at least 4 members (excludes halogenated alkanes) is 13. The Balaban J connectivity index is 4.03. The number of hydrogen-bond acceptors (Lipinski definition) is 6. The van der Waals surface area contributed by atoms with Gasteiger partial charge in [-0.3, -0.25) is 14.5 Å². The molecular weight excluding hydrogens is 522 g/mol. The molecule has 1 unspecified atom stereocenters. The summed E-state index contributed by atoms with van der Waals surface area (Å²) in [7, 11) is 0. The molecule has 1 atom stereocenters. The second-order valence-electron chi connectivity index (χ2n) is 12.3. The number of amides is 2. The van der Waals surface area contributed by atoms with Gasteiger partial charge >= 0.3 is 0 Å². The largest absolute Gasteiger partial charge is 0.375 e. The van der Waals surface area contributed by atoms with E-state index in [2.05, 4.69) is 6.92 Å². The van der Waals surface area contributed by atoms with Crippen molar-refractivity contribution in [3.63, 3.8) is 0 Å². The van der Waals surface area contributed by atoms with Crippen LogP contribution in [0.3, 0.4) is 0 Å². The van der Waals surface area contributed by atoms with Gasteiger partial charge < -0.3 is 14.3 Å². The van der Waals surface area contributed by atoms with E-state index in [1.807, 2.05) is 34.6 Å². The minimum Gasteiger partial charge on any atom is -0.375 e. The van der Waals surface area contributed by atoms with Crippen molar-refractivity contribution in [2.75, 3.05) is 25.5 Å². The van der Waals surface area contributed by atoms with E-state index in [-0.39, 0.29) is 24.3 Å². The summed E-state index contributed by atoms with van der Waals surface area (Å²) in [6.07, 6.45) is 22.0. The van der Waals surface area contributed by atoms with Crippen molar-refractivity contribution in [2.45, 2.75) is 167 Å². The zero-order chi connectivity index (χ0) is 30.1. The lowest BCUT2D eigenvalue weighted by Crippen LogP contribution is -2.40. The molecule has 0 heterocycles. The van der Waals surface area contributed by atoms with Crippen LogP contribution in [-0.2, 0) is 23.9 Å². The molecular formula is C33H63NO5S. The SMILES string of the molecule is CCCCCCCCCCCCCCCCSC(CC)C(=O)N(C=O)CCOC(C)(C)CCOC(C)(C)CC=O. The van der Waals surface area contributed by atoms with Gasteiger partial charge in [-0.1, -0.05) is 97.3 Å². The molecule has 0 spiro atoms. The lowest BCUT2D eigenvalue weighted by molar-refractivity contribution is -0.140. The lowest BCUT2D eigenvalue weighted by Gasteiger charge is -2.29. The predicted molar refractivity (Wildman–Crippen MR) is 170 cm³/mol. The average Bonchev–Trinajstić information content (AvgIpc) is 2.90. The lowest BCUT2D eigenvalue weighted by atomic mass is 10.0. The van der Waals surface area contributed by atoms with Gasteiger partial charge in [0.2, 0.25) is 12.3 Å². The van der Waals surface area contributed by atoms with Crippen LogP contribution in [0.1, 0.15) is 151 Å². The standard InChI is InChI=1S/C33H63NO5S/c1-7-9-10-11-12-13-14-15-16-17-18-19-20-21-28-40-30(8-2)31(37)34(29-36)24-27-39-33(5,6)23-26-38-32(3,4)22-25-35/h25,29-30H,7-24,26-28H2,1-6H3. The van der Waals surface area contributed by atoms with Crippen molar-refractivity contribution in [2.24, 2.45) is 0 Å². The Hall–Kier alpha value is -0.920. The van der Waals surface area contributed by atoms with E-state index in [0.717, 1.165) is 18.5 Å². The number of thioether (sulfide) groups is 1. The number of ether oxygens (including phenoxy) is 2. The van der Waals surface area contributed by atoms with E-state index in [0.29, 0.717) is 32.3 Å². The van der Waals surface area contributed by atoms with Crippen molar-refractivity contribution >= 4 is 30.4 Å². The zero-order valence-electron chi connectivity index (χ0n) is 27.0. The van der Waals surface area contributed by atoms with Gasteiger partial charge in [-0.25, -0.2) is 0 Å². The summed E-state index contributed by atoms with van der Waals surface area (Å²) < 4.78 is 11.8. The van der Waals surface area contributed by atoms with E-state index >= 15 is 0 Å². The van der Waals surface area contributed by atoms with Gasteiger partial charge in [0.25, 0.3) is 0 Å². The van der Waals surface area contributed by atoms with Crippen LogP contribution in [0.2, 0.25) is 0 Å². The quantitative estimate of drug-likeness (QED) is 0.0647. The second-order valence-corrected chi connectivity index (χ2v) is 13.6. The van der Waals surface area contributed by atoms with Gasteiger partial charge in [-0.15, -0.1) is 11.8 Å². The fourth-order valence-corrected chi connectivity index (χ4v) is 5.78. The summed E-state index contributed by atoms with van der Waals surface area (Å²) in [5, 5.41) is -0.186. The zero-order valence-corrected chi connectivity index (χ0v) is 27.8. The number of nitrogens with zero attached hydrogens (tertiary/aromatic N) is 1. The first kappa shape index (κ1) is 39.1. The molecule has 6 nitrogen and oxygen atoms in total. The van der Waals surface area contributed by atoms with Crippen molar-refractivity contribution in [1.29, 1.82) is 0 Å². The van der Waals surface area contributed by atoms with Gasteiger partial charge in [0.1, 0.15) is 6.29 Å². The Bertz CT molecular complexity index is 640. The van der Waals surface area contributed by atoms with Crippen LogP contribution in [0.15, 0.2) is 0 Å². The number of aldehydes is 1. The second kappa shape index (κ2) is 24.7. The summed E-state index contributed by atoms with van der Waals surface area (Å²) in [6, 6.07) is 0. The van der Waals surface area contributed by atoms with Crippen LogP contribution in [-0.4, -0.2) is 65.5 Å². The third-order valence-corrected chi connectivity index (χ3v) is 8.93. The molecule has 0 N–H and O–H groups in total. The molecule has 0 aromatic heterocycles. The molecule has 0 aliphatic heterocycles. The number of hydrogen-bond donors (Lipinski definition) is 0. The Morgan fingerprint density at radius 3 is 1.73 bits per heavy atom. The summed E-state index contributed by atoms with van der Waals surface area (Å²) >= 11 is 1.68. The monoisotopic (exact) mass is 585 g/mol. The highest BCUT2D eigenvalue weighted by atomic mass is 32.2.